The highest BCUT2D eigenvalue weighted by atomic mass is 35.5. The topological polar surface area (TPSA) is 71.6 Å². The van der Waals surface area contributed by atoms with Gasteiger partial charge >= 0.3 is 5.76 Å². The summed E-state index contributed by atoms with van der Waals surface area (Å²) in [5.41, 5.74) is 1.83. The highest BCUT2D eigenvalue weighted by Crippen LogP contribution is 2.31. The molecule has 0 aliphatic carbocycles. The molecule has 1 amide bonds. The summed E-state index contributed by atoms with van der Waals surface area (Å²) in [5.74, 6) is -0.783. The molecule has 0 aliphatic rings. The number of likely N-dealkylation sites (N-methyl/N-ethyl adjacent to an activating group) is 1. The van der Waals surface area contributed by atoms with E-state index in [0.717, 1.165) is 10.2 Å². The van der Waals surface area contributed by atoms with Gasteiger partial charge < -0.3 is 9.32 Å². The van der Waals surface area contributed by atoms with Gasteiger partial charge in [-0.25, -0.2) is 9.78 Å². The van der Waals surface area contributed by atoms with Crippen LogP contribution in [0.15, 0.2) is 51.7 Å². The Labute approximate surface area is 187 Å². The van der Waals surface area contributed by atoms with Crippen LogP contribution in [0.4, 0.5) is 5.13 Å². The Morgan fingerprint density at radius 3 is 2.73 bits per heavy atom. The minimum Gasteiger partial charge on any atom is -0.408 e. The summed E-state index contributed by atoms with van der Waals surface area (Å²) in [6, 6.07) is 12.5. The van der Waals surface area contributed by atoms with Crippen molar-refractivity contribution < 1.29 is 9.21 Å². The molecule has 0 radical (unpaired) electrons. The van der Waals surface area contributed by atoms with E-state index in [1.807, 2.05) is 31.1 Å². The second kappa shape index (κ2) is 9.18. The van der Waals surface area contributed by atoms with Gasteiger partial charge in [0.05, 0.1) is 15.7 Å². The average Bonchev–Trinajstić information content (AvgIpc) is 3.22. The van der Waals surface area contributed by atoms with E-state index >= 15 is 0 Å². The lowest BCUT2D eigenvalue weighted by atomic mass is 10.3. The van der Waals surface area contributed by atoms with E-state index in [1.54, 1.807) is 35.2 Å². The van der Waals surface area contributed by atoms with Crippen LogP contribution in [-0.4, -0.2) is 47.5 Å². The molecule has 2 aromatic carbocycles. The van der Waals surface area contributed by atoms with Gasteiger partial charge in [-0.2, -0.15) is 0 Å². The maximum atomic E-state index is 13.2. The maximum Gasteiger partial charge on any atom is 0.420 e. The highest BCUT2D eigenvalue weighted by molar-refractivity contribution is 7.22. The number of fused-ring (bicyclic) bond motifs is 2. The number of amides is 1. The summed E-state index contributed by atoms with van der Waals surface area (Å²) in [6.45, 7) is 0.979. The Morgan fingerprint density at radius 2 is 1.97 bits per heavy atom. The van der Waals surface area contributed by atoms with Crippen LogP contribution in [-0.2, 0) is 11.3 Å². The van der Waals surface area contributed by atoms with Crippen LogP contribution in [0.1, 0.15) is 0 Å². The van der Waals surface area contributed by atoms with Crippen LogP contribution >= 0.6 is 35.3 Å². The molecule has 7 nitrogen and oxygen atoms in total. The third kappa shape index (κ3) is 4.52. The third-order valence-electron chi connectivity index (χ3n) is 4.51. The first-order chi connectivity index (χ1) is 13.9. The van der Waals surface area contributed by atoms with Gasteiger partial charge in [0, 0.05) is 18.1 Å². The fraction of sp³-hybridized carbons (Fsp3) is 0.250. The van der Waals surface area contributed by atoms with Gasteiger partial charge in [-0.1, -0.05) is 35.1 Å². The van der Waals surface area contributed by atoms with Gasteiger partial charge in [0.25, 0.3) is 0 Å². The SMILES string of the molecule is CN(C)CCN(C(=O)Cn1c(=O)oc2ccccc21)c1nc2ccc(Cl)cc2s1.Cl. The van der Waals surface area contributed by atoms with E-state index in [9.17, 15) is 9.59 Å². The Balaban J connectivity index is 0.00000256. The summed E-state index contributed by atoms with van der Waals surface area (Å²) in [5, 5.41) is 1.20. The van der Waals surface area contributed by atoms with Gasteiger partial charge in [0.2, 0.25) is 5.91 Å². The lowest BCUT2D eigenvalue weighted by Gasteiger charge is -2.22. The molecule has 4 aromatic rings. The van der Waals surface area contributed by atoms with E-state index < -0.39 is 5.76 Å². The molecule has 0 atom stereocenters. The van der Waals surface area contributed by atoms with Crippen LogP contribution in [0.3, 0.4) is 0 Å². The van der Waals surface area contributed by atoms with Gasteiger partial charge in [-0.3, -0.25) is 14.3 Å². The second-order valence-corrected chi connectivity index (χ2v) is 8.32. The van der Waals surface area contributed by atoms with E-state index in [-0.39, 0.29) is 24.9 Å². The lowest BCUT2D eigenvalue weighted by Crippen LogP contribution is -2.39. The number of oxazole rings is 1. The third-order valence-corrected chi connectivity index (χ3v) is 5.79. The molecule has 0 saturated carbocycles. The molecule has 0 fully saturated rings. The number of carbonyl (C=O) groups excluding carboxylic acids is 1. The molecule has 0 unspecified atom stereocenters. The first kappa shape index (κ1) is 22.3. The fourth-order valence-corrected chi connectivity index (χ4v) is 4.30. The number of anilines is 1. The molecule has 10 heteroatoms. The van der Waals surface area contributed by atoms with E-state index in [2.05, 4.69) is 4.98 Å². The van der Waals surface area contributed by atoms with Crippen LogP contribution in [0.2, 0.25) is 5.02 Å². The number of hydrogen-bond acceptors (Lipinski definition) is 6. The lowest BCUT2D eigenvalue weighted by molar-refractivity contribution is -0.119. The van der Waals surface area contributed by atoms with Crippen molar-refractivity contribution in [2.75, 3.05) is 32.1 Å². The predicted molar refractivity (Wildman–Crippen MR) is 123 cm³/mol. The number of hydrogen-bond donors (Lipinski definition) is 0. The van der Waals surface area contributed by atoms with Crippen molar-refractivity contribution in [2.45, 2.75) is 6.54 Å². The van der Waals surface area contributed by atoms with Gasteiger partial charge in [-0.05, 0) is 44.4 Å². The summed E-state index contributed by atoms with van der Waals surface area (Å²) >= 11 is 7.48. The van der Waals surface area contributed by atoms with Crippen molar-refractivity contribution in [3.8, 4) is 0 Å². The number of aromatic nitrogens is 2. The van der Waals surface area contributed by atoms with Gasteiger partial charge in [-0.15, -0.1) is 12.4 Å². The number of halogens is 2. The van der Waals surface area contributed by atoms with E-state index in [0.29, 0.717) is 34.3 Å². The van der Waals surface area contributed by atoms with Crippen LogP contribution in [0, 0.1) is 0 Å². The van der Waals surface area contributed by atoms with E-state index in [1.165, 1.54) is 15.9 Å². The highest BCUT2D eigenvalue weighted by Gasteiger charge is 2.22. The normalized spacial score (nSPS) is 11.2. The monoisotopic (exact) mass is 466 g/mol. The Kier molecular flexibility index (Phi) is 6.82. The van der Waals surface area contributed by atoms with Gasteiger partial charge in [0.1, 0.15) is 6.54 Å². The Morgan fingerprint density at radius 1 is 1.20 bits per heavy atom. The summed E-state index contributed by atoms with van der Waals surface area (Å²) in [7, 11) is 3.88. The molecule has 30 heavy (non-hydrogen) atoms. The number of nitrogens with zero attached hydrogens (tertiary/aromatic N) is 4. The molecule has 0 bridgehead atoms. The molecule has 0 aliphatic heterocycles. The van der Waals surface area contributed by atoms with E-state index in [4.69, 9.17) is 16.0 Å². The van der Waals surface area contributed by atoms with Crippen molar-refractivity contribution in [3.63, 3.8) is 0 Å². The smallest absolute Gasteiger partial charge is 0.408 e. The standard InChI is InChI=1S/C20H19ClN4O3S.ClH/c1-23(2)9-10-24(19-22-14-8-7-13(21)11-17(14)29-19)18(26)12-25-15-5-3-4-6-16(15)28-20(25)27;/h3-8,11H,9-10,12H2,1-2H3;1H. The molecule has 0 saturated heterocycles. The zero-order valence-electron chi connectivity index (χ0n) is 16.4. The zero-order chi connectivity index (χ0) is 20.5. The molecule has 0 spiro atoms. The number of carbonyl (C=O) groups is 1. The Hall–Kier alpha value is -2.39. The minimum absolute atomic E-state index is 0. The second-order valence-electron chi connectivity index (χ2n) is 6.88. The summed E-state index contributed by atoms with van der Waals surface area (Å²) in [6.07, 6.45) is 0. The van der Waals surface area contributed by atoms with Crippen LogP contribution in [0.25, 0.3) is 21.3 Å². The largest absolute Gasteiger partial charge is 0.420 e. The number of para-hydroxylation sites is 2. The number of benzene rings is 2. The van der Waals surface area contributed by atoms with Crippen LogP contribution in [0.5, 0.6) is 0 Å². The molecule has 4 rings (SSSR count). The first-order valence-electron chi connectivity index (χ1n) is 9.02. The molecule has 2 aromatic heterocycles. The van der Waals surface area contributed by atoms with Crippen molar-refractivity contribution in [1.29, 1.82) is 0 Å². The molecular formula is C20H20Cl2N4O3S. The predicted octanol–water partition coefficient (Wildman–Crippen LogP) is 3.87. The first-order valence-corrected chi connectivity index (χ1v) is 10.2. The molecule has 2 heterocycles. The molecule has 0 N–H and O–H groups in total. The van der Waals surface area contributed by atoms with Crippen molar-refractivity contribution in [1.82, 2.24) is 14.5 Å². The minimum atomic E-state index is -0.553. The van der Waals surface area contributed by atoms with Crippen molar-refractivity contribution in [2.24, 2.45) is 0 Å². The summed E-state index contributed by atoms with van der Waals surface area (Å²) in [4.78, 5) is 33.7. The zero-order valence-corrected chi connectivity index (χ0v) is 18.8. The quantitative estimate of drug-likeness (QED) is 0.431. The maximum absolute atomic E-state index is 13.2. The number of rotatable bonds is 6. The molecular weight excluding hydrogens is 447 g/mol. The van der Waals surface area contributed by atoms with Gasteiger partial charge in [0.15, 0.2) is 10.7 Å². The van der Waals surface area contributed by atoms with Crippen molar-refractivity contribution in [3.05, 3.63) is 58.0 Å². The number of thiazole rings is 1. The van der Waals surface area contributed by atoms with Crippen LogP contribution < -0.4 is 10.7 Å². The van der Waals surface area contributed by atoms with Crippen molar-refractivity contribution >= 4 is 67.7 Å². The average molecular weight is 467 g/mol. The Bertz CT molecular complexity index is 1250. The molecule has 158 valence electrons. The fourth-order valence-electron chi connectivity index (χ4n) is 3.01. The summed E-state index contributed by atoms with van der Waals surface area (Å²) < 4.78 is 7.50.